The highest BCUT2D eigenvalue weighted by atomic mass is 16.5. The molecule has 0 bridgehead atoms. The number of likely N-dealkylation sites (N-methyl/N-ethyl adjacent to an activating group) is 1. The summed E-state index contributed by atoms with van der Waals surface area (Å²) < 4.78 is 11.5. The van der Waals surface area contributed by atoms with Crippen LogP contribution < -0.4 is 14.4 Å². The zero-order valence-electron chi connectivity index (χ0n) is 22.2. The van der Waals surface area contributed by atoms with E-state index in [1.54, 1.807) is 7.11 Å². The van der Waals surface area contributed by atoms with Crippen molar-refractivity contribution >= 4 is 5.69 Å². The lowest BCUT2D eigenvalue weighted by molar-refractivity contribution is 0.261. The molecular formula is C31H40N2O3. The Morgan fingerprint density at radius 2 is 1.69 bits per heavy atom. The minimum Gasteiger partial charge on any atom is -0.508 e. The van der Waals surface area contributed by atoms with Gasteiger partial charge >= 0.3 is 0 Å². The van der Waals surface area contributed by atoms with Crippen molar-refractivity contribution < 1.29 is 14.6 Å². The SMILES string of the molecule is CCCN(Cc1ccc(OCCN(C)C)cc1)c1cc(OC)ccc1C1CCc2cc(O)ccc2C1. The van der Waals surface area contributed by atoms with Gasteiger partial charge in [0, 0.05) is 31.4 Å². The Kier molecular flexibility index (Phi) is 8.76. The van der Waals surface area contributed by atoms with E-state index in [1.165, 1.54) is 27.9 Å². The van der Waals surface area contributed by atoms with Crippen LogP contribution in [0.2, 0.25) is 0 Å². The molecule has 0 aliphatic heterocycles. The molecule has 5 heteroatoms. The first-order valence-corrected chi connectivity index (χ1v) is 13.1. The minimum atomic E-state index is 0.362. The summed E-state index contributed by atoms with van der Waals surface area (Å²) in [5.41, 5.74) is 6.53. The number of anilines is 1. The summed E-state index contributed by atoms with van der Waals surface area (Å²) in [6.45, 7) is 5.63. The minimum absolute atomic E-state index is 0.362. The van der Waals surface area contributed by atoms with Crippen LogP contribution in [0.3, 0.4) is 0 Å². The van der Waals surface area contributed by atoms with E-state index in [9.17, 15) is 5.11 Å². The normalized spacial score (nSPS) is 15.0. The van der Waals surface area contributed by atoms with Crippen LogP contribution in [-0.2, 0) is 19.4 Å². The van der Waals surface area contributed by atoms with Gasteiger partial charge in [-0.1, -0.05) is 31.2 Å². The molecule has 0 spiro atoms. The maximum atomic E-state index is 9.90. The second kappa shape index (κ2) is 12.2. The Balaban J connectivity index is 1.56. The van der Waals surface area contributed by atoms with E-state index in [-0.39, 0.29) is 0 Å². The maximum Gasteiger partial charge on any atom is 0.120 e. The van der Waals surface area contributed by atoms with Crippen LogP contribution >= 0.6 is 0 Å². The Labute approximate surface area is 216 Å². The molecule has 0 amide bonds. The fourth-order valence-corrected chi connectivity index (χ4v) is 5.09. The van der Waals surface area contributed by atoms with E-state index in [0.717, 1.165) is 56.8 Å². The van der Waals surface area contributed by atoms with Gasteiger partial charge in [0.1, 0.15) is 23.9 Å². The third kappa shape index (κ3) is 6.52. The summed E-state index contributed by atoms with van der Waals surface area (Å²) in [5.74, 6) is 2.60. The van der Waals surface area contributed by atoms with Crippen molar-refractivity contribution in [1.82, 2.24) is 4.90 Å². The predicted molar refractivity (Wildman–Crippen MR) is 148 cm³/mol. The zero-order valence-corrected chi connectivity index (χ0v) is 22.2. The number of benzene rings is 3. The molecule has 1 N–H and O–H groups in total. The maximum absolute atomic E-state index is 9.90. The van der Waals surface area contributed by atoms with Crippen LogP contribution in [-0.4, -0.2) is 50.9 Å². The molecule has 5 nitrogen and oxygen atoms in total. The summed E-state index contributed by atoms with van der Waals surface area (Å²) in [4.78, 5) is 4.61. The molecule has 3 aromatic rings. The quantitative estimate of drug-likeness (QED) is 0.357. The Morgan fingerprint density at radius 3 is 2.42 bits per heavy atom. The summed E-state index contributed by atoms with van der Waals surface area (Å²) in [5, 5.41) is 9.90. The van der Waals surface area contributed by atoms with Gasteiger partial charge in [0.15, 0.2) is 0 Å². The van der Waals surface area contributed by atoms with E-state index in [4.69, 9.17) is 9.47 Å². The first-order chi connectivity index (χ1) is 17.5. The van der Waals surface area contributed by atoms with Crippen molar-refractivity contribution in [3.8, 4) is 17.2 Å². The topological polar surface area (TPSA) is 45.2 Å². The third-order valence-electron chi connectivity index (χ3n) is 7.03. The number of methoxy groups -OCH3 is 1. The summed E-state index contributed by atoms with van der Waals surface area (Å²) in [7, 11) is 5.85. The number of hydrogen-bond acceptors (Lipinski definition) is 5. The molecule has 0 saturated carbocycles. The zero-order chi connectivity index (χ0) is 25.5. The Morgan fingerprint density at radius 1 is 0.917 bits per heavy atom. The molecule has 1 aliphatic rings. The summed E-state index contributed by atoms with van der Waals surface area (Å²) in [6.07, 6.45) is 4.13. The average Bonchev–Trinajstić information content (AvgIpc) is 2.88. The molecular weight excluding hydrogens is 448 g/mol. The number of fused-ring (bicyclic) bond motifs is 1. The van der Waals surface area contributed by atoms with Gasteiger partial charge in [-0.2, -0.15) is 0 Å². The van der Waals surface area contributed by atoms with E-state index in [2.05, 4.69) is 79.3 Å². The van der Waals surface area contributed by atoms with E-state index in [1.807, 2.05) is 12.1 Å². The number of ether oxygens (including phenoxy) is 2. The molecule has 1 atom stereocenters. The van der Waals surface area contributed by atoms with E-state index in [0.29, 0.717) is 18.3 Å². The lowest BCUT2D eigenvalue weighted by Crippen LogP contribution is -2.26. The second-order valence-electron chi connectivity index (χ2n) is 10.0. The van der Waals surface area contributed by atoms with Gasteiger partial charge in [0.05, 0.1) is 7.11 Å². The monoisotopic (exact) mass is 488 g/mol. The molecule has 3 aromatic carbocycles. The van der Waals surface area contributed by atoms with Gasteiger partial charge in [0.25, 0.3) is 0 Å². The van der Waals surface area contributed by atoms with Gasteiger partial charge in [-0.3, -0.25) is 0 Å². The van der Waals surface area contributed by atoms with Crippen LogP contribution in [0, 0.1) is 0 Å². The van der Waals surface area contributed by atoms with Crippen molar-refractivity contribution in [3.05, 3.63) is 82.9 Å². The standard InChI is InChI=1S/C31H40N2O3/c1-5-16-33(22-23-6-12-28(13-7-23)36-18-17-32(2)3)31-21-29(35-4)14-15-30(31)26-9-8-25-20-27(34)11-10-24(25)19-26/h6-7,10-15,20-21,26,34H,5,8-9,16-19,22H2,1-4H3. The number of phenols is 1. The number of phenolic OH excluding ortho intramolecular Hbond substituents is 1. The van der Waals surface area contributed by atoms with Gasteiger partial charge in [-0.05, 0) is 98.3 Å². The van der Waals surface area contributed by atoms with E-state index < -0.39 is 0 Å². The van der Waals surface area contributed by atoms with Gasteiger partial charge < -0.3 is 24.4 Å². The first kappa shape index (κ1) is 25.9. The van der Waals surface area contributed by atoms with E-state index >= 15 is 0 Å². The van der Waals surface area contributed by atoms with Crippen LogP contribution in [0.5, 0.6) is 17.2 Å². The van der Waals surface area contributed by atoms with Crippen LogP contribution in [0.15, 0.2) is 60.7 Å². The fourth-order valence-electron chi connectivity index (χ4n) is 5.09. The molecule has 4 rings (SSSR count). The Bertz CT molecular complexity index is 1130. The van der Waals surface area contributed by atoms with Crippen molar-refractivity contribution in [2.75, 3.05) is 45.8 Å². The van der Waals surface area contributed by atoms with Crippen LogP contribution in [0.25, 0.3) is 0 Å². The molecule has 1 unspecified atom stereocenters. The molecule has 0 radical (unpaired) electrons. The van der Waals surface area contributed by atoms with Crippen molar-refractivity contribution in [2.24, 2.45) is 0 Å². The smallest absolute Gasteiger partial charge is 0.120 e. The molecule has 0 heterocycles. The largest absolute Gasteiger partial charge is 0.508 e. The van der Waals surface area contributed by atoms with Gasteiger partial charge in [-0.25, -0.2) is 0 Å². The molecule has 0 fully saturated rings. The lowest BCUT2D eigenvalue weighted by Gasteiger charge is -2.32. The molecule has 0 aromatic heterocycles. The number of rotatable bonds is 11. The van der Waals surface area contributed by atoms with Crippen LogP contribution in [0.4, 0.5) is 5.69 Å². The first-order valence-electron chi connectivity index (χ1n) is 13.1. The highest BCUT2D eigenvalue weighted by Gasteiger charge is 2.25. The summed E-state index contributed by atoms with van der Waals surface area (Å²) in [6, 6.07) is 20.9. The lowest BCUT2D eigenvalue weighted by atomic mass is 9.79. The van der Waals surface area contributed by atoms with Crippen molar-refractivity contribution in [1.29, 1.82) is 0 Å². The number of hydrogen-bond donors (Lipinski definition) is 1. The third-order valence-corrected chi connectivity index (χ3v) is 7.03. The predicted octanol–water partition coefficient (Wildman–Crippen LogP) is 6.03. The van der Waals surface area contributed by atoms with Crippen molar-refractivity contribution in [3.63, 3.8) is 0 Å². The second-order valence-corrected chi connectivity index (χ2v) is 10.0. The molecule has 1 aliphatic carbocycles. The number of aromatic hydroxyl groups is 1. The molecule has 0 saturated heterocycles. The molecule has 36 heavy (non-hydrogen) atoms. The van der Waals surface area contributed by atoms with Gasteiger partial charge in [0.2, 0.25) is 0 Å². The highest BCUT2D eigenvalue weighted by Crippen LogP contribution is 2.40. The van der Waals surface area contributed by atoms with Crippen LogP contribution in [0.1, 0.15) is 47.9 Å². The number of aryl methyl sites for hydroxylation is 1. The molecule has 192 valence electrons. The van der Waals surface area contributed by atoms with Crippen molar-refractivity contribution in [2.45, 2.75) is 45.1 Å². The van der Waals surface area contributed by atoms with Gasteiger partial charge in [-0.15, -0.1) is 0 Å². The Hall–Kier alpha value is -3.18. The fraction of sp³-hybridized carbons (Fsp3) is 0.419. The number of nitrogens with zero attached hydrogens (tertiary/aromatic N) is 2. The highest BCUT2D eigenvalue weighted by molar-refractivity contribution is 5.60. The average molecular weight is 489 g/mol. The summed E-state index contributed by atoms with van der Waals surface area (Å²) >= 11 is 0.